The molecule has 2 aromatic rings. The fourth-order valence-corrected chi connectivity index (χ4v) is 2.72. The molecule has 1 aromatic heterocycles. The molecule has 8 heteroatoms. The second-order valence-electron chi connectivity index (χ2n) is 3.97. The van der Waals surface area contributed by atoms with Crippen molar-refractivity contribution in [1.29, 1.82) is 0 Å². The third kappa shape index (κ3) is 2.74. The third-order valence-electron chi connectivity index (χ3n) is 2.48. The SMILES string of the molecule is Cc1ccc(F)c(S(=O)(=O)Nc2ccc(F)cn2)c1F. The molecule has 2 rings (SSSR count). The summed E-state index contributed by atoms with van der Waals surface area (Å²) in [6, 6.07) is 3.98. The molecule has 0 aliphatic carbocycles. The van der Waals surface area contributed by atoms with Gasteiger partial charge in [0.25, 0.3) is 10.0 Å². The number of halogens is 3. The van der Waals surface area contributed by atoms with Crippen LogP contribution in [-0.4, -0.2) is 13.4 Å². The Hall–Kier alpha value is -2.09. The van der Waals surface area contributed by atoms with Gasteiger partial charge in [0.1, 0.15) is 23.3 Å². The van der Waals surface area contributed by atoms with Gasteiger partial charge in [0, 0.05) is 0 Å². The number of nitrogens with zero attached hydrogens (tertiary/aromatic N) is 1. The lowest BCUT2D eigenvalue weighted by atomic mass is 10.2. The fraction of sp³-hybridized carbons (Fsp3) is 0.0833. The van der Waals surface area contributed by atoms with E-state index in [1.54, 1.807) is 0 Å². The molecule has 1 N–H and O–H groups in total. The monoisotopic (exact) mass is 302 g/mol. The number of hydrogen-bond donors (Lipinski definition) is 1. The Labute approximate surface area is 113 Å². The molecular formula is C12H9F3N2O2S. The number of aromatic nitrogens is 1. The maximum absolute atomic E-state index is 13.8. The average Bonchev–Trinajstić information content (AvgIpc) is 2.37. The number of pyridine rings is 1. The van der Waals surface area contributed by atoms with Crippen LogP contribution in [0.2, 0.25) is 0 Å². The maximum Gasteiger partial charge on any atom is 0.268 e. The van der Waals surface area contributed by atoms with Crippen LogP contribution in [-0.2, 0) is 10.0 Å². The van der Waals surface area contributed by atoms with Crippen LogP contribution < -0.4 is 4.72 Å². The van der Waals surface area contributed by atoms with Crippen molar-refractivity contribution in [1.82, 2.24) is 4.98 Å². The molecule has 0 bridgehead atoms. The van der Waals surface area contributed by atoms with E-state index in [0.717, 1.165) is 30.5 Å². The lowest BCUT2D eigenvalue weighted by Crippen LogP contribution is -2.17. The quantitative estimate of drug-likeness (QED) is 0.948. The van der Waals surface area contributed by atoms with Gasteiger partial charge < -0.3 is 0 Å². The van der Waals surface area contributed by atoms with E-state index in [-0.39, 0.29) is 11.4 Å². The Morgan fingerprint density at radius 1 is 1.10 bits per heavy atom. The molecule has 0 unspecified atom stereocenters. The zero-order valence-electron chi connectivity index (χ0n) is 10.2. The van der Waals surface area contributed by atoms with Crippen molar-refractivity contribution in [3.05, 3.63) is 53.5 Å². The molecule has 0 amide bonds. The summed E-state index contributed by atoms with van der Waals surface area (Å²) in [4.78, 5) is 2.37. The molecule has 0 saturated heterocycles. The highest BCUT2D eigenvalue weighted by Gasteiger charge is 2.25. The van der Waals surface area contributed by atoms with Crippen LogP contribution in [0.3, 0.4) is 0 Å². The Bertz CT molecular complexity index is 746. The molecule has 0 saturated carbocycles. The van der Waals surface area contributed by atoms with Gasteiger partial charge in [-0.2, -0.15) is 0 Å². The predicted octanol–water partition coefficient (Wildman–Crippen LogP) is 2.61. The van der Waals surface area contributed by atoms with Gasteiger partial charge in [-0.15, -0.1) is 0 Å². The summed E-state index contributed by atoms with van der Waals surface area (Å²) in [5, 5.41) is 0. The zero-order valence-corrected chi connectivity index (χ0v) is 11.0. The standard InChI is InChI=1S/C12H9F3N2O2S/c1-7-2-4-9(14)12(11(7)15)20(18,19)17-10-5-3-8(13)6-16-10/h2-6H,1H3,(H,16,17). The van der Waals surface area contributed by atoms with Gasteiger partial charge in [-0.3, -0.25) is 4.72 Å². The van der Waals surface area contributed by atoms with E-state index < -0.39 is 32.4 Å². The van der Waals surface area contributed by atoms with E-state index in [9.17, 15) is 21.6 Å². The molecule has 0 spiro atoms. The minimum absolute atomic E-state index is 0.0150. The number of nitrogens with one attached hydrogen (secondary N) is 1. The summed E-state index contributed by atoms with van der Waals surface area (Å²) >= 11 is 0. The third-order valence-corrected chi connectivity index (χ3v) is 3.87. The Kier molecular flexibility index (Phi) is 3.67. The van der Waals surface area contributed by atoms with Crippen molar-refractivity contribution in [2.75, 3.05) is 4.72 Å². The smallest absolute Gasteiger partial charge is 0.263 e. The topological polar surface area (TPSA) is 59.1 Å². The normalized spacial score (nSPS) is 11.4. The van der Waals surface area contributed by atoms with E-state index in [0.29, 0.717) is 0 Å². The highest BCUT2D eigenvalue weighted by molar-refractivity contribution is 7.92. The second-order valence-corrected chi connectivity index (χ2v) is 5.59. The van der Waals surface area contributed by atoms with E-state index in [1.165, 1.54) is 6.92 Å². The zero-order chi connectivity index (χ0) is 14.9. The minimum Gasteiger partial charge on any atom is -0.263 e. The first-order valence-electron chi connectivity index (χ1n) is 5.40. The summed E-state index contributed by atoms with van der Waals surface area (Å²) < 4.78 is 65.8. The van der Waals surface area contributed by atoms with Crippen LogP contribution in [0.15, 0.2) is 35.4 Å². The van der Waals surface area contributed by atoms with E-state index in [1.807, 2.05) is 4.72 Å². The highest BCUT2D eigenvalue weighted by atomic mass is 32.2. The molecule has 0 aliphatic heterocycles. The fourth-order valence-electron chi connectivity index (χ4n) is 1.50. The summed E-state index contributed by atoms with van der Waals surface area (Å²) in [5.74, 6) is -3.31. The van der Waals surface area contributed by atoms with E-state index in [2.05, 4.69) is 4.98 Å². The van der Waals surface area contributed by atoms with Crippen molar-refractivity contribution in [3.8, 4) is 0 Å². The molecule has 0 aliphatic rings. The largest absolute Gasteiger partial charge is 0.268 e. The van der Waals surface area contributed by atoms with Crippen LogP contribution in [0, 0.1) is 24.4 Å². The van der Waals surface area contributed by atoms with Gasteiger partial charge >= 0.3 is 0 Å². The number of anilines is 1. The van der Waals surface area contributed by atoms with Gasteiger partial charge in [-0.25, -0.2) is 26.6 Å². The van der Waals surface area contributed by atoms with Gasteiger partial charge in [-0.1, -0.05) is 6.07 Å². The van der Waals surface area contributed by atoms with E-state index >= 15 is 0 Å². The second kappa shape index (κ2) is 5.12. The Balaban J connectivity index is 2.46. The van der Waals surface area contributed by atoms with Crippen LogP contribution in [0.25, 0.3) is 0 Å². The van der Waals surface area contributed by atoms with Gasteiger partial charge in [-0.05, 0) is 30.7 Å². The van der Waals surface area contributed by atoms with Crippen molar-refractivity contribution >= 4 is 15.8 Å². The number of benzene rings is 1. The molecule has 1 heterocycles. The molecule has 1 aromatic carbocycles. The first kappa shape index (κ1) is 14.3. The molecule has 4 nitrogen and oxygen atoms in total. The van der Waals surface area contributed by atoms with Crippen LogP contribution in [0.5, 0.6) is 0 Å². The van der Waals surface area contributed by atoms with Crippen molar-refractivity contribution in [3.63, 3.8) is 0 Å². The summed E-state index contributed by atoms with van der Waals surface area (Å²) in [6.07, 6.45) is 0.779. The minimum atomic E-state index is -4.49. The Morgan fingerprint density at radius 3 is 2.40 bits per heavy atom. The highest BCUT2D eigenvalue weighted by Crippen LogP contribution is 2.23. The Morgan fingerprint density at radius 2 is 1.80 bits per heavy atom. The number of sulfonamides is 1. The van der Waals surface area contributed by atoms with Crippen molar-refractivity contribution < 1.29 is 21.6 Å². The number of aryl methyl sites for hydroxylation is 1. The first-order chi connectivity index (χ1) is 9.31. The predicted molar refractivity (Wildman–Crippen MR) is 66.1 cm³/mol. The lowest BCUT2D eigenvalue weighted by Gasteiger charge is -2.10. The first-order valence-corrected chi connectivity index (χ1v) is 6.88. The van der Waals surface area contributed by atoms with Crippen LogP contribution >= 0.6 is 0 Å². The summed E-state index contributed by atoms with van der Waals surface area (Å²) in [5.41, 5.74) is -0.0150. The number of rotatable bonds is 3. The van der Waals surface area contributed by atoms with Crippen LogP contribution in [0.1, 0.15) is 5.56 Å². The molecule has 0 atom stereocenters. The van der Waals surface area contributed by atoms with Crippen molar-refractivity contribution in [2.45, 2.75) is 11.8 Å². The molecule has 0 fully saturated rings. The molecule has 0 radical (unpaired) electrons. The van der Waals surface area contributed by atoms with Crippen LogP contribution in [0.4, 0.5) is 19.0 Å². The number of hydrogen-bond acceptors (Lipinski definition) is 3. The molecule has 106 valence electrons. The van der Waals surface area contributed by atoms with Gasteiger partial charge in [0.05, 0.1) is 6.20 Å². The summed E-state index contributed by atoms with van der Waals surface area (Å²) in [7, 11) is -4.49. The van der Waals surface area contributed by atoms with Gasteiger partial charge in [0.15, 0.2) is 4.90 Å². The van der Waals surface area contributed by atoms with Gasteiger partial charge in [0.2, 0.25) is 0 Å². The average molecular weight is 302 g/mol. The van der Waals surface area contributed by atoms with Crippen molar-refractivity contribution in [2.24, 2.45) is 0 Å². The van der Waals surface area contributed by atoms with E-state index in [4.69, 9.17) is 0 Å². The molecular weight excluding hydrogens is 293 g/mol. The molecule has 20 heavy (non-hydrogen) atoms. The maximum atomic E-state index is 13.8. The lowest BCUT2D eigenvalue weighted by molar-refractivity contribution is 0.516. The summed E-state index contributed by atoms with van der Waals surface area (Å²) in [6.45, 7) is 1.31.